The van der Waals surface area contributed by atoms with Gasteiger partial charge < -0.3 is 15.2 Å². The molecule has 0 saturated carbocycles. The number of carbonyl (C=O) groups excluding carboxylic acids is 1. The molecule has 2 heterocycles. The van der Waals surface area contributed by atoms with Gasteiger partial charge in [0.2, 0.25) is 0 Å². The summed E-state index contributed by atoms with van der Waals surface area (Å²) in [5.41, 5.74) is 2.03. The molecule has 2 N–H and O–H groups in total. The SMILES string of the molecule is CC[C@@H](Cn1ccnc1)NC(=O)c1cccc(CC2CCNCC2)c1. The lowest BCUT2D eigenvalue weighted by Gasteiger charge is -2.23. The second-order valence-electron chi connectivity index (χ2n) is 6.94. The van der Waals surface area contributed by atoms with E-state index in [1.807, 2.05) is 22.9 Å². The number of hydrogen-bond acceptors (Lipinski definition) is 3. The minimum atomic E-state index is 0.0131. The van der Waals surface area contributed by atoms with E-state index in [0.717, 1.165) is 44.0 Å². The van der Waals surface area contributed by atoms with Crippen LogP contribution in [0.25, 0.3) is 0 Å². The predicted octanol–water partition coefficient (Wildman–Crippen LogP) is 2.63. The van der Waals surface area contributed by atoms with Gasteiger partial charge in [-0.05, 0) is 62.4 Å². The number of amides is 1. The fraction of sp³-hybridized carbons (Fsp3) is 0.500. The van der Waals surface area contributed by atoms with Gasteiger partial charge >= 0.3 is 0 Å². The Kier molecular flexibility index (Phi) is 6.23. The lowest BCUT2D eigenvalue weighted by atomic mass is 9.90. The van der Waals surface area contributed by atoms with Gasteiger partial charge in [0.25, 0.3) is 5.91 Å². The summed E-state index contributed by atoms with van der Waals surface area (Å²) in [5.74, 6) is 0.739. The van der Waals surface area contributed by atoms with Crippen LogP contribution in [-0.4, -0.2) is 34.6 Å². The van der Waals surface area contributed by atoms with Gasteiger partial charge in [-0.3, -0.25) is 4.79 Å². The quantitative estimate of drug-likeness (QED) is 0.815. The van der Waals surface area contributed by atoms with Crippen molar-refractivity contribution in [3.8, 4) is 0 Å². The molecule has 0 aliphatic carbocycles. The van der Waals surface area contributed by atoms with Crippen LogP contribution in [0.4, 0.5) is 0 Å². The lowest BCUT2D eigenvalue weighted by Crippen LogP contribution is -2.37. The molecule has 1 atom stereocenters. The van der Waals surface area contributed by atoms with Crippen LogP contribution in [0.2, 0.25) is 0 Å². The Bertz CT molecular complexity index is 662. The summed E-state index contributed by atoms with van der Waals surface area (Å²) in [6.45, 7) is 5.06. The van der Waals surface area contributed by atoms with Gasteiger partial charge in [-0.15, -0.1) is 0 Å². The Labute approximate surface area is 149 Å². The molecule has 0 unspecified atom stereocenters. The average molecular weight is 340 g/mol. The van der Waals surface area contributed by atoms with Crippen LogP contribution in [-0.2, 0) is 13.0 Å². The highest BCUT2D eigenvalue weighted by Gasteiger charge is 2.16. The molecule has 1 aliphatic rings. The number of carbonyl (C=O) groups is 1. The standard InChI is InChI=1S/C20H28N4O/c1-2-19(14-24-11-10-22-15-24)23-20(25)18-5-3-4-17(13-18)12-16-6-8-21-9-7-16/h3-5,10-11,13,15-16,19,21H,2,6-9,12,14H2,1H3,(H,23,25)/t19-/m0/s1. The molecule has 134 valence electrons. The van der Waals surface area contributed by atoms with Gasteiger partial charge in [-0.2, -0.15) is 0 Å². The molecule has 1 aliphatic heterocycles. The molecule has 1 aromatic heterocycles. The fourth-order valence-corrected chi connectivity index (χ4v) is 3.45. The van der Waals surface area contributed by atoms with E-state index in [-0.39, 0.29) is 11.9 Å². The van der Waals surface area contributed by atoms with E-state index in [1.54, 1.807) is 12.5 Å². The van der Waals surface area contributed by atoms with E-state index in [2.05, 4.69) is 34.7 Å². The van der Waals surface area contributed by atoms with E-state index in [1.165, 1.54) is 18.4 Å². The zero-order valence-electron chi connectivity index (χ0n) is 14.9. The Morgan fingerprint density at radius 3 is 2.96 bits per heavy atom. The number of nitrogens with zero attached hydrogens (tertiary/aromatic N) is 2. The van der Waals surface area contributed by atoms with Gasteiger partial charge in [-0.25, -0.2) is 4.98 Å². The zero-order valence-corrected chi connectivity index (χ0v) is 14.9. The van der Waals surface area contributed by atoms with E-state index >= 15 is 0 Å². The van der Waals surface area contributed by atoms with Gasteiger partial charge in [-0.1, -0.05) is 19.1 Å². The molecule has 0 spiro atoms. The van der Waals surface area contributed by atoms with Crippen molar-refractivity contribution in [1.82, 2.24) is 20.2 Å². The maximum Gasteiger partial charge on any atom is 0.251 e. The number of benzene rings is 1. The highest BCUT2D eigenvalue weighted by atomic mass is 16.1. The molecular formula is C20H28N4O. The van der Waals surface area contributed by atoms with Crippen LogP contribution >= 0.6 is 0 Å². The van der Waals surface area contributed by atoms with Crippen molar-refractivity contribution in [2.45, 2.75) is 45.2 Å². The summed E-state index contributed by atoms with van der Waals surface area (Å²) < 4.78 is 2.00. The third-order valence-corrected chi connectivity index (χ3v) is 4.99. The summed E-state index contributed by atoms with van der Waals surface area (Å²) in [7, 11) is 0. The molecule has 1 saturated heterocycles. The summed E-state index contributed by atoms with van der Waals surface area (Å²) in [4.78, 5) is 16.7. The number of hydrogen-bond donors (Lipinski definition) is 2. The molecule has 2 aromatic rings. The number of piperidine rings is 1. The van der Waals surface area contributed by atoms with Crippen molar-refractivity contribution >= 4 is 5.91 Å². The van der Waals surface area contributed by atoms with Gasteiger partial charge in [0.15, 0.2) is 0 Å². The van der Waals surface area contributed by atoms with Crippen molar-refractivity contribution in [3.05, 3.63) is 54.1 Å². The second-order valence-corrected chi connectivity index (χ2v) is 6.94. The van der Waals surface area contributed by atoms with Crippen LogP contribution in [0.1, 0.15) is 42.1 Å². The minimum absolute atomic E-state index is 0.0131. The normalized spacial score (nSPS) is 16.5. The molecular weight excluding hydrogens is 312 g/mol. The lowest BCUT2D eigenvalue weighted by molar-refractivity contribution is 0.0931. The Morgan fingerprint density at radius 2 is 2.24 bits per heavy atom. The summed E-state index contributed by atoms with van der Waals surface area (Å²) in [6, 6.07) is 8.21. The van der Waals surface area contributed by atoms with Crippen LogP contribution in [0, 0.1) is 5.92 Å². The Morgan fingerprint density at radius 1 is 1.40 bits per heavy atom. The van der Waals surface area contributed by atoms with Gasteiger partial charge in [0, 0.05) is 30.5 Å². The number of imidazole rings is 1. The third-order valence-electron chi connectivity index (χ3n) is 4.99. The predicted molar refractivity (Wildman–Crippen MR) is 99.5 cm³/mol. The van der Waals surface area contributed by atoms with Crippen LogP contribution < -0.4 is 10.6 Å². The smallest absolute Gasteiger partial charge is 0.251 e. The molecule has 1 fully saturated rings. The highest BCUT2D eigenvalue weighted by molar-refractivity contribution is 5.94. The monoisotopic (exact) mass is 340 g/mol. The first-order valence-electron chi connectivity index (χ1n) is 9.31. The molecule has 25 heavy (non-hydrogen) atoms. The third kappa shape index (κ3) is 5.16. The molecule has 1 aromatic carbocycles. The maximum atomic E-state index is 12.6. The molecule has 3 rings (SSSR count). The van der Waals surface area contributed by atoms with E-state index in [4.69, 9.17) is 0 Å². The summed E-state index contributed by atoms with van der Waals surface area (Å²) in [6.07, 6.45) is 9.87. The molecule has 0 radical (unpaired) electrons. The fourth-order valence-electron chi connectivity index (χ4n) is 3.45. The second kappa shape index (κ2) is 8.81. The van der Waals surface area contributed by atoms with Crippen molar-refractivity contribution in [2.24, 2.45) is 5.92 Å². The first-order chi connectivity index (χ1) is 12.2. The molecule has 5 heteroatoms. The number of aromatic nitrogens is 2. The van der Waals surface area contributed by atoms with Crippen LogP contribution in [0.15, 0.2) is 43.0 Å². The van der Waals surface area contributed by atoms with Gasteiger partial charge in [0.05, 0.1) is 6.33 Å². The maximum absolute atomic E-state index is 12.6. The van der Waals surface area contributed by atoms with Crippen LogP contribution in [0.5, 0.6) is 0 Å². The Balaban J connectivity index is 1.59. The first kappa shape index (κ1) is 17.7. The number of nitrogens with one attached hydrogen (secondary N) is 2. The summed E-state index contributed by atoms with van der Waals surface area (Å²) >= 11 is 0. The van der Waals surface area contributed by atoms with Crippen molar-refractivity contribution in [3.63, 3.8) is 0 Å². The van der Waals surface area contributed by atoms with Gasteiger partial charge in [0.1, 0.15) is 0 Å². The zero-order chi connectivity index (χ0) is 17.5. The molecule has 5 nitrogen and oxygen atoms in total. The first-order valence-corrected chi connectivity index (χ1v) is 9.31. The van der Waals surface area contributed by atoms with Crippen molar-refractivity contribution in [2.75, 3.05) is 13.1 Å². The summed E-state index contributed by atoms with van der Waals surface area (Å²) in [5, 5.41) is 6.56. The topological polar surface area (TPSA) is 59.0 Å². The molecule has 1 amide bonds. The Hall–Kier alpha value is -2.14. The van der Waals surface area contributed by atoms with Crippen molar-refractivity contribution in [1.29, 1.82) is 0 Å². The van der Waals surface area contributed by atoms with E-state index in [9.17, 15) is 4.79 Å². The van der Waals surface area contributed by atoms with Crippen LogP contribution in [0.3, 0.4) is 0 Å². The number of rotatable bonds is 7. The molecule has 0 bridgehead atoms. The average Bonchev–Trinajstić information content (AvgIpc) is 3.15. The minimum Gasteiger partial charge on any atom is -0.348 e. The van der Waals surface area contributed by atoms with Crippen molar-refractivity contribution < 1.29 is 4.79 Å². The van der Waals surface area contributed by atoms with E-state index < -0.39 is 0 Å². The largest absolute Gasteiger partial charge is 0.348 e. The highest BCUT2D eigenvalue weighted by Crippen LogP contribution is 2.19. The van der Waals surface area contributed by atoms with E-state index in [0.29, 0.717) is 0 Å².